The second-order valence-electron chi connectivity index (χ2n) is 8.27. The number of hydrogen-bond acceptors (Lipinski definition) is 5. The van der Waals surface area contributed by atoms with Crippen molar-refractivity contribution < 1.29 is 22.7 Å². The fourth-order valence-corrected chi connectivity index (χ4v) is 4.18. The van der Waals surface area contributed by atoms with Gasteiger partial charge in [0.15, 0.2) is 0 Å². The quantitative estimate of drug-likeness (QED) is 0.218. The van der Waals surface area contributed by atoms with Crippen molar-refractivity contribution in [3.05, 3.63) is 84.3 Å². The van der Waals surface area contributed by atoms with E-state index in [4.69, 9.17) is 0 Å². The van der Waals surface area contributed by atoms with Gasteiger partial charge in [0.05, 0.1) is 5.69 Å². The lowest BCUT2D eigenvalue weighted by molar-refractivity contribution is -0.190. The number of carbonyl (C=O) groups is 1. The van der Waals surface area contributed by atoms with Gasteiger partial charge in [0.1, 0.15) is 0 Å². The molecule has 35 heavy (non-hydrogen) atoms. The highest BCUT2D eigenvalue weighted by Crippen LogP contribution is 2.34. The van der Waals surface area contributed by atoms with E-state index in [-0.39, 0.29) is 0 Å². The van der Waals surface area contributed by atoms with E-state index >= 15 is 0 Å². The molecule has 0 saturated carbocycles. The largest absolute Gasteiger partial charge is 0.491 e. The molecule has 5 rings (SSSR count). The van der Waals surface area contributed by atoms with E-state index in [1.54, 1.807) is 6.20 Å². The van der Waals surface area contributed by atoms with Crippen molar-refractivity contribution in [3.63, 3.8) is 0 Å². The molecule has 0 atom stereocenters. The Balaban J connectivity index is 1.52. The summed E-state index contributed by atoms with van der Waals surface area (Å²) >= 11 is 0. The van der Waals surface area contributed by atoms with Crippen LogP contribution in [-0.4, -0.2) is 27.1 Å². The number of alkyl halides is 3. The predicted molar refractivity (Wildman–Crippen MR) is 127 cm³/mol. The number of esters is 1. The highest BCUT2D eigenvalue weighted by molar-refractivity contribution is 6.11. The maximum atomic E-state index is 12.4. The number of aromatic nitrogens is 3. The minimum Gasteiger partial charge on any atom is -0.384 e. The van der Waals surface area contributed by atoms with Gasteiger partial charge in [-0.2, -0.15) is 13.2 Å². The lowest BCUT2D eigenvalue weighted by Gasteiger charge is -2.11. The molecule has 0 amide bonds. The van der Waals surface area contributed by atoms with Gasteiger partial charge in [0.2, 0.25) is 0 Å². The van der Waals surface area contributed by atoms with Gasteiger partial charge in [-0.15, -0.1) is 0 Å². The van der Waals surface area contributed by atoms with Crippen LogP contribution < -0.4 is 4.74 Å². The van der Waals surface area contributed by atoms with E-state index in [1.165, 1.54) is 23.5 Å². The van der Waals surface area contributed by atoms with E-state index in [9.17, 15) is 18.0 Å². The summed E-state index contributed by atoms with van der Waals surface area (Å²) in [6, 6.07) is 17.6. The number of hydrogen-bond donors (Lipinski definition) is 0. The van der Waals surface area contributed by atoms with Crippen molar-refractivity contribution in [1.82, 2.24) is 15.0 Å². The number of halogens is 3. The number of aryl methyl sites for hydroxylation is 2. The van der Waals surface area contributed by atoms with Gasteiger partial charge < -0.3 is 4.74 Å². The molecule has 0 bridgehead atoms. The van der Waals surface area contributed by atoms with E-state index < -0.39 is 18.2 Å². The molecule has 3 aromatic carbocycles. The Morgan fingerprint density at radius 2 is 1.43 bits per heavy atom. The monoisotopic (exact) mass is 473 g/mol. The van der Waals surface area contributed by atoms with E-state index in [2.05, 4.69) is 51.7 Å². The number of pyridine rings is 1. The third-order valence-corrected chi connectivity index (χ3v) is 5.63. The van der Waals surface area contributed by atoms with Crippen molar-refractivity contribution in [2.45, 2.75) is 20.0 Å². The summed E-state index contributed by atoms with van der Waals surface area (Å²) in [5.74, 6) is -2.36. The summed E-state index contributed by atoms with van der Waals surface area (Å²) in [6.45, 7) is 4.13. The summed E-state index contributed by atoms with van der Waals surface area (Å²) in [4.78, 5) is 23.1. The van der Waals surface area contributed by atoms with Crippen LogP contribution in [0.15, 0.2) is 73.2 Å². The maximum absolute atomic E-state index is 12.4. The van der Waals surface area contributed by atoms with Gasteiger partial charge in [-0.1, -0.05) is 41.5 Å². The molecule has 0 radical (unpaired) electrons. The van der Waals surface area contributed by atoms with Gasteiger partial charge >= 0.3 is 18.2 Å². The molecule has 174 valence electrons. The minimum atomic E-state index is -5.11. The molecule has 0 N–H and O–H groups in total. The third kappa shape index (κ3) is 4.42. The first kappa shape index (κ1) is 22.5. The summed E-state index contributed by atoms with van der Waals surface area (Å²) in [6.07, 6.45) is -0.680. The zero-order chi connectivity index (χ0) is 24.7. The molecule has 0 aliphatic heterocycles. The molecule has 5 aromatic rings. The van der Waals surface area contributed by atoms with Crippen molar-refractivity contribution in [1.29, 1.82) is 0 Å². The standard InChI is InChI=1S/C27H18F3N3O2/c1-15-9-16(2)11-19(10-15)24-23-6-4-18-12-17(3-5-21(18)22(23)7-8-31-24)20-13-32-26(33-14-20)35-25(34)27(28,29)30/h3-14H,1-2H3. The molecule has 2 aromatic heterocycles. The van der Waals surface area contributed by atoms with Crippen molar-refractivity contribution >= 4 is 27.5 Å². The summed E-state index contributed by atoms with van der Waals surface area (Å²) in [5, 5.41) is 4.11. The van der Waals surface area contributed by atoms with Crippen LogP contribution in [0, 0.1) is 13.8 Å². The molecule has 0 fully saturated rings. The Hall–Kier alpha value is -4.33. The van der Waals surface area contributed by atoms with Crippen LogP contribution >= 0.6 is 0 Å². The highest BCUT2D eigenvalue weighted by atomic mass is 19.4. The molecule has 0 unspecified atom stereocenters. The average molecular weight is 473 g/mol. The van der Waals surface area contributed by atoms with Gasteiger partial charge in [-0.05, 0) is 59.8 Å². The zero-order valence-corrected chi connectivity index (χ0v) is 18.7. The molecule has 5 nitrogen and oxygen atoms in total. The Bertz CT molecular complexity index is 1580. The Morgan fingerprint density at radius 3 is 2.11 bits per heavy atom. The molecule has 0 saturated heterocycles. The molecular formula is C27H18F3N3O2. The molecule has 0 spiro atoms. The number of rotatable bonds is 3. The molecular weight excluding hydrogens is 455 g/mol. The van der Waals surface area contributed by atoms with Gasteiger partial charge in [0, 0.05) is 35.1 Å². The van der Waals surface area contributed by atoms with Gasteiger partial charge in [-0.3, -0.25) is 4.98 Å². The van der Waals surface area contributed by atoms with Crippen LogP contribution in [0.25, 0.3) is 43.9 Å². The lowest BCUT2D eigenvalue weighted by atomic mass is 9.95. The van der Waals surface area contributed by atoms with E-state index in [0.29, 0.717) is 5.56 Å². The van der Waals surface area contributed by atoms with Gasteiger partial charge in [0.25, 0.3) is 0 Å². The number of ether oxygens (including phenoxy) is 1. The lowest BCUT2D eigenvalue weighted by Crippen LogP contribution is -2.28. The molecule has 0 aliphatic rings. The van der Waals surface area contributed by atoms with Crippen molar-refractivity contribution in [2.24, 2.45) is 0 Å². The second kappa shape index (κ2) is 8.47. The second-order valence-corrected chi connectivity index (χ2v) is 8.27. The maximum Gasteiger partial charge on any atom is 0.491 e. The van der Waals surface area contributed by atoms with Crippen LogP contribution in [0.3, 0.4) is 0 Å². The highest BCUT2D eigenvalue weighted by Gasteiger charge is 2.41. The van der Waals surface area contributed by atoms with E-state index in [0.717, 1.165) is 38.4 Å². The zero-order valence-electron chi connectivity index (χ0n) is 18.7. The Labute approximate surface area is 198 Å². The average Bonchev–Trinajstić information content (AvgIpc) is 2.82. The molecule has 0 aliphatic carbocycles. The van der Waals surface area contributed by atoms with Crippen molar-refractivity contribution in [3.8, 4) is 28.4 Å². The topological polar surface area (TPSA) is 65.0 Å². The minimum absolute atomic E-state index is 0.574. The molecule has 2 heterocycles. The summed E-state index contributed by atoms with van der Waals surface area (Å²) in [5.41, 5.74) is 5.67. The first-order valence-corrected chi connectivity index (χ1v) is 10.7. The Kier molecular flexibility index (Phi) is 5.43. The van der Waals surface area contributed by atoms with Crippen LogP contribution in [0.2, 0.25) is 0 Å². The normalized spacial score (nSPS) is 11.7. The predicted octanol–water partition coefficient (Wildman–Crippen LogP) is 6.60. The first-order chi connectivity index (χ1) is 16.7. The van der Waals surface area contributed by atoms with Crippen LogP contribution in [-0.2, 0) is 4.79 Å². The number of fused-ring (bicyclic) bond motifs is 3. The third-order valence-electron chi connectivity index (χ3n) is 5.63. The van der Waals surface area contributed by atoms with E-state index in [1.807, 2.05) is 36.4 Å². The van der Waals surface area contributed by atoms with Crippen LogP contribution in [0.4, 0.5) is 13.2 Å². The van der Waals surface area contributed by atoms with Crippen molar-refractivity contribution in [2.75, 3.05) is 0 Å². The van der Waals surface area contributed by atoms with Crippen LogP contribution in [0.1, 0.15) is 11.1 Å². The summed E-state index contributed by atoms with van der Waals surface area (Å²) < 4.78 is 41.2. The SMILES string of the molecule is Cc1cc(C)cc(-c2nccc3c2ccc2cc(-c4cnc(OC(=O)C(F)(F)F)nc4)ccc23)c1. The fraction of sp³-hybridized carbons (Fsp3) is 0.111. The first-order valence-electron chi connectivity index (χ1n) is 10.7. The number of carbonyl (C=O) groups excluding carboxylic acids is 1. The molecule has 8 heteroatoms. The van der Waals surface area contributed by atoms with Gasteiger partial charge in [-0.25, -0.2) is 14.8 Å². The smallest absolute Gasteiger partial charge is 0.384 e. The Morgan fingerprint density at radius 1 is 0.743 bits per heavy atom. The van der Waals surface area contributed by atoms with Crippen LogP contribution in [0.5, 0.6) is 6.01 Å². The fourth-order valence-electron chi connectivity index (χ4n) is 4.18. The number of benzene rings is 3. The summed E-state index contributed by atoms with van der Waals surface area (Å²) in [7, 11) is 0. The number of nitrogens with zero attached hydrogens (tertiary/aromatic N) is 3.